The number of rotatable bonds is 5. The average molecular weight is 407 g/mol. The van der Waals surface area contributed by atoms with Crippen LogP contribution >= 0.6 is 0 Å². The van der Waals surface area contributed by atoms with Crippen molar-refractivity contribution in [2.75, 3.05) is 6.61 Å². The van der Waals surface area contributed by atoms with Crippen LogP contribution in [0.2, 0.25) is 0 Å². The number of azo groups is 1. The van der Waals surface area contributed by atoms with E-state index in [4.69, 9.17) is 9.26 Å². The SMILES string of the molecule is CCOC(=O)c1nn(C(C)C)c([O-])c1N=Nc1cc(C(C)(C)C)on1.[Ni+2]. The average Bonchev–Trinajstić information content (AvgIpc) is 3.10. The van der Waals surface area contributed by atoms with Crippen molar-refractivity contribution in [1.82, 2.24) is 14.9 Å². The van der Waals surface area contributed by atoms with Crippen LogP contribution in [-0.2, 0) is 26.6 Å². The molecule has 144 valence electrons. The Kier molecular flexibility index (Phi) is 7.09. The second kappa shape index (κ2) is 8.44. The van der Waals surface area contributed by atoms with Gasteiger partial charge in [-0.05, 0) is 20.8 Å². The smallest absolute Gasteiger partial charge is 0.857 e. The van der Waals surface area contributed by atoms with Gasteiger partial charge in [0.05, 0.1) is 6.61 Å². The largest absolute Gasteiger partial charge is 2.00 e. The van der Waals surface area contributed by atoms with Crippen molar-refractivity contribution in [2.45, 2.75) is 53.0 Å². The van der Waals surface area contributed by atoms with Crippen molar-refractivity contribution in [3.63, 3.8) is 0 Å². The van der Waals surface area contributed by atoms with Gasteiger partial charge in [-0.2, -0.15) is 5.10 Å². The minimum atomic E-state index is -0.719. The van der Waals surface area contributed by atoms with E-state index in [2.05, 4.69) is 20.5 Å². The molecule has 9 nitrogen and oxygen atoms in total. The normalized spacial score (nSPS) is 11.8. The maximum Gasteiger partial charge on any atom is 2.00 e. The summed E-state index contributed by atoms with van der Waals surface area (Å²) < 4.78 is 11.3. The maximum absolute atomic E-state index is 12.4. The summed E-state index contributed by atoms with van der Waals surface area (Å²) in [5.74, 6) is -0.395. The molecule has 0 bridgehead atoms. The van der Waals surface area contributed by atoms with Gasteiger partial charge in [0.25, 0.3) is 0 Å². The zero-order chi connectivity index (χ0) is 18.8. The van der Waals surface area contributed by atoms with E-state index in [1.165, 1.54) is 4.68 Å². The molecule has 2 heterocycles. The summed E-state index contributed by atoms with van der Waals surface area (Å²) in [5.41, 5.74) is -0.570. The van der Waals surface area contributed by atoms with Gasteiger partial charge < -0.3 is 14.4 Å². The molecule has 0 aliphatic carbocycles. The molecule has 0 aliphatic rings. The van der Waals surface area contributed by atoms with Gasteiger partial charge in [0.15, 0.2) is 5.69 Å². The van der Waals surface area contributed by atoms with Crippen LogP contribution in [0.15, 0.2) is 20.8 Å². The first-order chi connectivity index (χ1) is 11.6. The number of carbonyl (C=O) groups is 1. The number of esters is 1. The zero-order valence-electron chi connectivity index (χ0n) is 15.5. The first kappa shape index (κ1) is 21.8. The van der Waals surface area contributed by atoms with Crippen LogP contribution in [0.4, 0.5) is 11.5 Å². The summed E-state index contributed by atoms with van der Waals surface area (Å²) >= 11 is 0. The number of carbonyl (C=O) groups excluding carboxylic acids is 1. The van der Waals surface area contributed by atoms with Crippen molar-refractivity contribution < 1.29 is 35.7 Å². The zero-order valence-corrected chi connectivity index (χ0v) is 16.5. The molecule has 2 rings (SSSR count). The summed E-state index contributed by atoms with van der Waals surface area (Å²) in [6, 6.07) is 1.40. The Labute approximate surface area is 161 Å². The number of nitrogens with zero attached hydrogens (tertiary/aromatic N) is 5. The van der Waals surface area contributed by atoms with Crippen molar-refractivity contribution in [3.8, 4) is 5.88 Å². The maximum atomic E-state index is 12.4. The molecule has 0 unspecified atom stereocenters. The van der Waals surface area contributed by atoms with E-state index in [0.29, 0.717) is 5.76 Å². The fourth-order valence-corrected chi connectivity index (χ4v) is 1.96. The molecule has 0 radical (unpaired) electrons. The van der Waals surface area contributed by atoms with Gasteiger partial charge in [-0.25, -0.2) is 4.79 Å². The summed E-state index contributed by atoms with van der Waals surface area (Å²) in [6.45, 7) is 11.3. The van der Waals surface area contributed by atoms with E-state index < -0.39 is 11.8 Å². The Morgan fingerprint density at radius 1 is 1.38 bits per heavy atom. The molecular formula is C16H22N5NiO4+. The van der Waals surface area contributed by atoms with E-state index >= 15 is 0 Å². The van der Waals surface area contributed by atoms with Crippen molar-refractivity contribution in [1.29, 1.82) is 0 Å². The van der Waals surface area contributed by atoms with Crippen LogP contribution in [0.25, 0.3) is 0 Å². The van der Waals surface area contributed by atoms with E-state index in [9.17, 15) is 9.90 Å². The summed E-state index contributed by atoms with van der Waals surface area (Å²) in [6.07, 6.45) is 0. The molecule has 26 heavy (non-hydrogen) atoms. The molecule has 0 fully saturated rings. The van der Waals surface area contributed by atoms with Crippen LogP contribution in [0.1, 0.15) is 63.8 Å². The van der Waals surface area contributed by atoms with Gasteiger partial charge in [-0.3, -0.25) is 4.68 Å². The first-order valence-electron chi connectivity index (χ1n) is 8.00. The van der Waals surface area contributed by atoms with E-state index in [1.807, 2.05) is 20.8 Å². The molecule has 0 aromatic carbocycles. The molecule has 0 spiro atoms. The fraction of sp³-hybridized carbons (Fsp3) is 0.562. The van der Waals surface area contributed by atoms with Crippen molar-refractivity contribution in [2.24, 2.45) is 10.2 Å². The molecule has 2 aromatic heterocycles. The molecular weight excluding hydrogens is 385 g/mol. The molecule has 0 saturated heterocycles. The fourth-order valence-electron chi connectivity index (χ4n) is 1.96. The minimum absolute atomic E-state index is 0. The topological polar surface area (TPSA) is 118 Å². The molecule has 0 amide bonds. The third kappa shape index (κ3) is 4.69. The molecule has 0 saturated carbocycles. The monoisotopic (exact) mass is 406 g/mol. The summed E-state index contributed by atoms with van der Waals surface area (Å²) in [5, 5.41) is 28.0. The molecule has 0 aliphatic heterocycles. The standard InChI is InChI=1S/C16H23N5O4.Ni/c1-7-24-15(23)13-12(14(22)21(19-13)9(2)3)18-17-11-8-10(25-20-11)16(4,5)6;/h8-9,22H,7H2,1-6H3;/q;+2/p-1. The predicted octanol–water partition coefficient (Wildman–Crippen LogP) is 3.41. The van der Waals surface area contributed by atoms with Gasteiger partial charge in [0.1, 0.15) is 11.4 Å². The summed E-state index contributed by atoms with van der Waals surface area (Å²) in [4.78, 5) is 12.0. The van der Waals surface area contributed by atoms with Gasteiger partial charge in [-0.1, -0.05) is 25.9 Å². The van der Waals surface area contributed by atoms with E-state index in [1.54, 1.807) is 26.8 Å². The Bertz CT molecular complexity index is 789. The van der Waals surface area contributed by atoms with Crippen LogP contribution in [0.3, 0.4) is 0 Å². The van der Waals surface area contributed by atoms with E-state index in [-0.39, 0.29) is 51.8 Å². The Morgan fingerprint density at radius 2 is 2.04 bits per heavy atom. The second-order valence-electron chi connectivity index (χ2n) is 6.76. The van der Waals surface area contributed by atoms with E-state index in [0.717, 1.165) is 0 Å². The second-order valence-corrected chi connectivity index (χ2v) is 6.76. The first-order valence-corrected chi connectivity index (χ1v) is 8.00. The third-order valence-electron chi connectivity index (χ3n) is 3.29. The molecule has 0 N–H and O–H groups in total. The minimum Gasteiger partial charge on any atom is -0.857 e. The van der Waals surface area contributed by atoms with Gasteiger partial charge in [0, 0.05) is 23.4 Å². The predicted molar refractivity (Wildman–Crippen MR) is 87.4 cm³/mol. The molecule has 0 atom stereocenters. The molecule has 10 heteroatoms. The van der Waals surface area contributed by atoms with Crippen LogP contribution in [0, 0.1) is 0 Å². The van der Waals surface area contributed by atoms with Crippen molar-refractivity contribution >= 4 is 17.5 Å². The quantitative estimate of drug-likeness (QED) is 0.426. The Morgan fingerprint density at radius 3 is 2.54 bits per heavy atom. The number of hydrogen-bond donors (Lipinski definition) is 0. The molecule has 2 aromatic rings. The van der Waals surface area contributed by atoms with Crippen LogP contribution in [0.5, 0.6) is 5.88 Å². The number of aromatic nitrogens is 3. The third-order valence-corrected chi connectivity index (χ3v) is 3.29. The number of ether oxygens (including phenoxy) is 1. The van der Waals surface area contributed by atoms with Crippen LogP contribution in [-0.4, -0.2) is 27.5 Å². The van der Waals surface area contributed by atoms with Gasteiger partial charge in [0.2, 0.25) is 5.82 Å². The summed E-state index contributed by atoms with van der Waals surface area (Å²) in [7, 11) is 0. The Balaban J connectivity index is 0.00000338. The number of hydrogen-bond acceptors (Lipinski definition) is 8. The Hall–Kier alpha value is -2.22. The van der Waals surface area contributed by atoms with Gasteiger partial charge >= 0.3 is 22.5 Å². The van der Waals surface area contributed by atoms with Crippen molar-refractivity contribution in [3.05, 3.63) is 17.5 Å². The van der Waals surface area contributed by atoms with Crippen LogP contribution < -0.4 is 5.11 Å². The van der Waals surface area contributed by atoms with Gasteiger partial charge in [-0.15, -0.1) is 10.2 Å².